The third-order valence-electron chi connectivity index (χ3n) is 1.30. The van der Waals surface area contributed by atoms with Gasteiger partial charge in [0.15, 0.2) is 4.34 Å². The lowest BCUT2D eigenvalue weighted by molar-refractivity contribution is 1.01. The Morgan fingerprint density at radius 3 is 2.92 bits per heavy atom. The Labute approximate surface area is 83.2 Å². The second-order valence-corrected chi connectivity index (χ2v) is 4.38. The van der Waals surface area contributed by atoms with Crippen molar-refractivity contribution >= 4 is 28.9 Å². The van der Waals surface area contributed by atoms with Crippen LogP contribution in [-0.4, -0.2) is 15.2 Å². The number of anilines is 1. The first kappa shape index (κ1) is 8.46. The number of aromatic nitrogens is 3. The standard InChI is InChI=1S/C7H6N4S2/c8-6-2-1-5(3-9-6)13-7-11-10-4-12-7/h1-4H,(H2,8,9). The van der Waals surface area contributed by atoms with Gasteiger partial charge >= 0.3 is 0 Å². The third-order valence-corrected chi connectivity index (χ3v) is 3.06. The van der Waals surface area contributed by atoms with E-state index in [9.17, 15) is 0 Å². The molecule has 0 atom stereocenters. The number of rotatable bonds is 2. The molecule has 13 heavy (non-hydrogen) atoms. The zero-order valence-corrected chi connectivity index (χ0v) is 8.18. The molecule has 0 aromatic carbocycles. The fourth-order valence-corrected chi connectivity index (χ4v) is 2.18. The lowest BCUT2D eigenvalue weighted by Crippen LogP contribution is -1.87. The molecule has 0 amide bonds. The van der Waals surface area contributed by atoms with E-state index in [2.05, 4.69) is 15.2 Å². The van der Waals surface area contributed by atoms with Crippen molar-refractivity contribution in [1.29, 1.82) is 0 Å². The van der Waals surface area contributed by atoms with Crippen LogP contribution in [-0.2, 0) is 0 Å². The van der Waals surface area contributed by atoms with Gasteiger partial charge in [0.25, 0.3) is 0 Å². The van der Waals surface area contributed by atoms with Gasteiger partial charge in [-0.25, -0.2) is 4.98 Å². The first-order valence-corrected chi connectivity index (χ1v) is 5.20. The minimum absolute atomic E-state index is 0.529. The molecule has 2 aromatic rings. The molecule has 0 aliphatic heterocycles. The Morgan fingerprint density at radius 2 is 2.31 bits per heavy atom. The molecule has 2 aromatic heterocycles. The summed E-state index contributed by atoms with van der Waals surface area (Å²) >= 11 is 3.03. The van der Waals surface area contributed by atoms with Gasteiger partial charge in [-0.3, -0.25) is 0 Å². The van der Waals surface area contributed by atoms with Crippen molar-refractivity contribution in [3.05, 3.63) is 23.8 Å². The summed E-state index contributed by atoms with van der Waals surface area (Å²) in [6, 6.07) is 3.68. The van der Waals surface area contributed by atoms with Crippen LogP contribution in [0.5, 0.6) is 0 Å². The van der Waals surface area contributed by atoms with Gasteiger partial charge < -0.3 is 5.73 Å². The molecule has 6 heteroatoms. The van der Waals surface area contributed by atoms with E-state index in [0.29, 0.717) is 5.82 Å². The quantitative estimate of drug-likeness (QED) is 0.816. The van der Waals surface area contributed by atoms with Crippen LogP contribution in [0.2, 0.25) is 0 Å². The number of nitrogen functional groups attached to an aromatic ring is 1. The van der Waals surface area contributed by atoms with E-state index in [4.69, 9.17) is 5.73 Å². The summed E-state index contributed by atoms with van der Waals surface area (Å²) in [5.74, 6) is 0.529. The van der Waals surface area contributed by atoms with E-state index in [0.717, 1.165) is 9.24 Å². The van der Waals surface area contributed by atoms with Crippen molar-refractivity contribution in [1.82, 2.24) is 15.2 Å². The molecule has 0 bridgehead atoms. The van der Waals surface area contributed by atoms with Gasteiger partial charge in [0.05, 0.1) is 0 Å². The predicted molar refractivity (Wildman–Crippen MR) is 52.7 cm³/mol. The molecule has 0 saturated carbocycles. The molecule has 0 unspecified atom stereocenters. The Hall–Kier alpha value is -1.14. The van der Waals surface area contributed by atoms with Gasteiger partial charge in [-0.1, -0.05) is 23.1 Å². The molecule has 2 rings (SSSR count). The highest BCUT2D eigenvalue weighted by atomic mass is 32.2. The third kappa shape index (κ3) is 2.16. The molecule has 0 spiro atoms. The smallest absolute Gasteiger partial charge is 0.178 e. The highest BCUT2D eigenvalue weighted by Gasteiger charge is 2.00. The van der Waals surface area contributed by atoms with Crippen molar-refractivity contribution in [3.8, 4) is 0 Å². The van der Waals surface area contributed by atoms with Gasteiger partial charge in [0.2, 0.25) is 0 Å². The van der Waals surface area contributed by atoms with Crippen molar-refractivity contribution < 1.29 is 0 Å². The SMILES string of the molecule is Nc1ccc(Sc2nncs2)cn1. The summed E-state index contributed by atoms with van der Waals surface area (Å²) < 4.78 is 0.909. The van der Waals surface area contributed by atoms with Gasteiger partial charge in [-0.2, -0.15) is 0 Å². The zero-order valence-electron chi connectivity index (χ0n) is 6.54. The Balaban J connectivity index is 2.15. The van der Waals surface area contributed by atoms with Crippen LogP contribution in [0, 0.1) is 0 Å². The zero-order chi connectivity index (χ0) is 9.10. The number of hydrogen-bond donors (Lipinski definition) is 1. The maximum atomic E-state index is 5.45. The highest BCUT2D eigenvalue weighted by molar-refractivity contribution is 8.01. The summed E-state index contributed by atoms with van der Waals surface area (Å²) in [7, 11) is 0. The maximum Gasteiger partial charge on any atom is 0.178 e. The second-order valence-electron chi connectivity index (χ2n) is 2.23. The lowest BCUT2D eigenvalue weighted by Gasteiger charge is -1.95. The Bertz CT molecular complexity index is 370. The highest BCUT2D eigenvalue weighted by Crippen LogP contribution is 2.27. The second kappa shape index (κ2) is 3.71. The van der Waals surface area contributed by atoms with Crippen LogP contribution in [0.4, 0.5) is 5.82 Å². The average Bonchev–Trinajstić information content (AvgIpc) is 2.62. The molecule has 0 aliphatic carbocycles. The van der Waals surface area contributed by atoms with Crippen molar-refractivity contribution in [2.45, 2.75) is 9.24 Å². The van der Waals surface area contributed by atoms with Gasteiger partial charge in [-0.15, -0.1) is 10.2 Å². The molecule has 4 nitrogen and oxygen atoms in total. The predicted octanol–water partition coefficient (Wildman–Crippen LogP) is 1.67. The summed E-state index contributed by atoms with van der Waals surface area (Å²) in [4.78, 5) is 4.99. The van der Waals surface area contributed by atoms with Crippen molar-refractivity contribution in [2.24, 2.45) is 0 Å². The van der Waals surface area contributed by atoms with E-state index in [1.54, 1.807) is 17.8 Å². The fraction of sp³-hybridized carbons (Fsp3) is 0. The molecule has 66 valence electrons. The molecule has 0 saturated heterocycles. The normalized spacial score (nSPS) is 10.2. The van der Waals surface area contributed by atoms with Gasteiger partial charge in [0, 0.05) is 11.1 Å². The molecule has 2 heterocycles. The maximum absolute atomic E-state index is 5.45. The first-order valence-electron chi connectivity index (χ1n) is 3.50. The van der Waals surface area contributed by atoms with Crippen molar-refractivity contribution in [2.75, 3.05) is 5.73 Å². The van der Waals surface area contributed by atoms with Crippen LogP contribution >= 0.6 is 23.1 Å². The topological polar surface area (TPSA) is 64.7 Å². The average molecular weight is 210 g/mol. The lowest BCUT2D eigenvalue weighted by atomic mass is 10.5. The van der Waals surface area contributed by atoms with E-state index in [1.165, 1.54) is 23.1 Å². The van der Waals surface area contributed by atoms with Crippen LogP contribution in [0.1, 0.15) is 0 Å². The van der Waals surface area contributed by atoms with Crippen LogP contribution in [0.25, 0.3) is 0 Å². The van der Waals surface area contributed by atoms with Crippen LogP contribution in [0.3, 0.4) is 0 Å². The number of hydrogen-bond acceptors (Lipinski definition) is 6. The number of pyridine rings is 1. The monoisotopic (exact) mass is 210 g/mol. The molecule has 0 fully saturated rings. The fourth-order valence-electron chi connectivity index (χ4n) is 0.760. The summed E-state index contributed by atoms with van der Waals surface area (Å²) in [5, 5.41) is 7.64. The Morgan fingerprint density at radius 1 is 1.38 bits per heavy atom. The molecule has 0 radical (unpaired) electrons. The minimum Gasteiger partial charge on any atom is -0.384 e. The largest absolute Gasteiger partial charge is 0.384 e. The first-order chi connectivity index (χ1) is 6.34. The van der Waals surface area contributed by atoms with Gasteiger partial charge in [-0.05, 0) is 12.1 Å². The molecule has 0 aliphatic rings. The molecular weight excluding hydrogens is 204 g/mol. The Kier molecular flexibility index (Phi) is 2.42. The van der Waals surface area contributed by atoms with Crippen LogP contribution < -0.4 is 5.73 Å². The molecule has 2 N–H and O–H groups in total. The van der Waals surface area contributed by atoms with E-state index >= 15 is 0 Å². The number of nitrogens with zero attached hydrogens (tertiary/aromatic N) is 3. The van der Waals surface area contributed by atoms with Crippen molar-refractivity contribution in [3.63, 3.8) is 0 Å². The van der Waals surface area contributed by atoms with E-state index in [1.807, 2.05) is 6.07 Å². The minimum atomic E-state index is 0.529. The summed E-state index contributed by atoms with van der Waals surface area (Å²) in [5.41, 5.74) is 7.16. The van der Waals surface area contributed by atoms with Gasteiger partial charge in [0.1, 0.15) is 11.3 Å². The van der Waals surface area contributed by atoms with Crippen LogP contribution in [0.15, 0.2) is 33.1 Å². The molecular formula is C7H6N4S2. The number of nitrogens with two attached hydrogens (primary N) is 1. The van der Waals surface area contributed by atoms with E-state index < -0.39 is 0 Å². The summed E-state index contributed by atoms with van der Waals surface area (Å²) in [6.45, 7) is 0. The van der Waals surface area contributed by atoms with E-state index in [-0.39, 0.29) is 0 Å². The summed E-state index contributed by atoms with van der Waals surface area (Å²) in [6.07, 6.45) is 1.72.